The molecule has 0 aromatic heterocycles. The Kier molecular flexibility index (Phi) is 6.23. The molecule has 0 bridgehead atoms. The molecule has 0 aromatic carbocycles. The molecule has 2 fully saturated rings. The number of nitrogens with two attached hydrogens (primary N) is 1. The van der Waals surface area contributed by atoms with Gasteiger partial charge in [0.25, 0.3) is 0 Å². The van der Waals surface area contributed by atoms with E-state index in [2.05, 4.69) is 17.2 Å². The Labute approximate surface area is 123 Å². The lowest BCUT2D eigenvalue weighted by atomic mass is 9.78. The number of ether oxygens (including phenoxy) is 2. The van der Waals surface area contributed by atoms with E-state index in [4.69, 9.17) is 15.3 Å². The maximum absolute atomic E-state index is 5.97. The smallest absolute Gasteiger partial charge is 0.0594 e. The second kappa shape index (κ2) is 7.71. The maximum atomic E-state index is 5.97. The maximum Gasteiger partial charge on any atom is 0.0594 e. The van der Waals surface area contributed by atoms with Crippen molar-refractivity contribution in [1.29, 1.82) is 0 Å². The summed E-state index contributed by atoms with van der Waals surface area (Å²) in [5.74, 6) is 6.48. The third-order valence-electron chi connectivity index (χ3n) is 5.22. The van der Waals surface area contributed by atoms with Crippen molar-refractivity contribution in [2.75, 3.05) is 40.0 Å². The molecule has 5 nitrogen and oxygen atoms in total. The Morgan fingerprint density at radius 2 is 1.95 bits per heavy atom. The molecule has 1 saturated heterocycles. The minimum atomic E-state index is 0.214. The van der Waals surface area contributed by atoms with E-state index < -0.39 is 0 Å². The van der Waals surface area contributed by atoms with Gasteiger partial charge in [-0.1, -0.05) is 19.8 Å². The molecular weight excluding hydrogens is 254 g/mol. The summed E-state index contributed by atoms with van der Waals surface area (Å²) in [6, 6.07) is 0.332. The lowest BCUT2D eigenvalue weighted by molar-refractivity contribution is -0.0453. The molecule has 0 amide bonds. The summed E-state index contributed by atoms with van der Waals surface area (Å²) < 4.78 is 10.8. The number of hydrazine groups is 1. The number of nitrogens with zero attached hydrogens (tertiary/aromatic N) is 1. The predicted molar refractivity (Wildman–Crippen MR) is 80.4 cm³/mol. The Hall–Kier alpha value is -0.200. The Bertz CT molecular complexity index is 276. The third kappa shape index (κ3) is 3.34. The topological polar surface area (TPSA) is 59.8 Å². The molecule has 3 N–H and O–H groups in total. The van der Waals surface area contributed by atoms with Gasteiger partial charge in [-0.3, -0.25) is 16.2 Å². The fourth-order valence-corrected chi connectivity index (χ4v) is 4.14. The van der Waals surface area contributed by atoms with Crippen molar-refractivity contribution < 1.29 is 9.47 Å². The fourth-order valence-electron chi connectivity index (χ4n) is 4.14. The van der Waals surface area contributed by atoms with Crippen LogP contribution in [0.1, 0.15) is 39.0 Å². The van der Waals surface area contributed by atoms with E-state index in [0.717, 1.165) is 39.3 Å². The number of rotatable bonds is 7. The van der Waals surface area contributed by atoms with Crippen molar-refractivity contribution in [3.8, 4) is 0 Å². The molecule has 2 rings (SSSR count). The molecule has 20 heavy (non-hydrogen) atoms. The van der Waals surface area contributed by atoms with Gasteiger partial charge in [-0.15, -0.1) is 0 Å². The molecule has 2 atom stereocenters. The van der Waals surface area contributed by atoms with Gasteiger partial charge >= 0.3 is 0 Å². The van der Waals surface area contributed by atoms with E-state index in [1.807, 2.05) is 0 Å². The Morgan fingerprint density at radius 1 is 1.30 bits per heavy atom. The summed E-state index contributed by atoms with van der Waals surface area (Å²) in [5, 5.41) is 0. The summed E-state index contributed by atoms with van der Waals surface area (Å²) in [6.07, 6.45) is 6.18. The molecule has 2 unspecified atom stereocenters. The molecule has 0 spiro atoms. The number of nitrogens with one attached hydrogen (secondary N) is 1. The first-order chi connectivity index (χ1) is 9.74. The van der Waals surface area contributed by atoms with Crippen LogP contribution in [-0.4, -0.2) is 56.5 Å². The van der Waals surface area contributed by atoms with Crippen LogP contribution in [0, 0.1) is 5.92 Å². The summed E-state index contributed by atoms with van der Waals surface area (Å²) in [6.45, 7) is 6.88. The normalized spacial score (nSPS) is 26.6. The summed E-state index contributed by atoms with van der Waals surface area (Å²) in [5.41, 5.74) is 3.37. The molecule has 0 aromatic rings. The zero-order valence-corrected chi connectivity index (χ0v) is 13.1. The van der Waals surface area contributed by atoms with E-state index >= 15 is 0 Å². The van der Waals surface area contributed by atoms with Gasteiger partial charge in [-0.25, -0.2) is 0 Å². The lowest BCUT2D eigenvalue weighted by Gasteiger charge is -2.50. The SMILES string of the molecule is COCCC(C)C(NN)C1(N2CCOCC2)CCCC1. The van der Waals surface area contributed by atoms with E-state index in [-0.39, 0.29) is 5.54 Å². The highest BCUT2D eigenvalue weighted by Gasteiger charge is 2.47. The third-order valence-corrected chi connectivity index (χ3v) is 5.22. The van der Waals surface area contributed by atoms with Crippen LogP contribution in [0.25, 0.3) is 0 Å². The molecule has 1 saturated carbocycles. The monoisotopic (exact) mass is 285 g/mol. The highest BCUT2D eigenvalue weighted by molar-refractivity contribution is 5.05. The number of methoxy groups -OCH3 is 1. The minimum Gasteiger partial charge on any atom is -0.385 e. The van der Waals surface area contributed by atoms with Gasteiger partial charge in [-0.2, -0.15) is 0 Å². The number of hydrogen-bond donors (Lipinski definition) is 2. The summed E-state index contributed by atoms with van der Waals surface area (Å²) in [7, 11) is 1.77. The fraction of sp³-hybridized carbons (Fsp3) is 1.00. The second-order valence-electron chi connectivity index (χ2n) is 6.31. The standard InChI is InChI=1S/C15H31N3O2/c1-13(5-10-19-2)14(17-16)15(6-3-4-7-15)18-8-11-20-12-9-18/h13-14,17H,3-12,16H2,1-2H3. The van der Waals surface area contributed by atoms with Gasteiger partial charge in [0.2, 0.25) is 0 Å². The first-order valence-electron chi connectivity index (χ1n) is 8.02. The molecule has 0 radical (unpaired) electrons. The van der Waals surface area contributed by atoms with Crippen LogP contribution in [0.5, 0.6) is 0 Å². The zero-order chi connectivity index (χ0) is 14.4. The van der Waals surface area contributed by atoms with Crippen LogP contribution in [0.15, 0.2) is 0 Å². The molecule has 5 heteroatoms. The lowest BCUT2D eigenvalue weighted by Crippen LogP contribution is -2.65. The average Bonchev–Trinajstić information content (AvgIpc) is 2.97. The van der Waals surface area contributed by atoms with Gasteiger partial charge in [-0.05, 0) is 25.2 Å². The first-order valence-corrected chi connectivity index (χ1v) is 8.02. The van der Waals surface area contributed by atoms with Crippen LogP contribution in [0.2, 0.25) is 0 Å². The molecule has 1 aliphatic heterocycles. The van der Waals surface area contributed by atoms with Gasteiger partial charge in [0, 0.05) is 38.4 Å². The molecular formula is C15H31N3O2. The first kappa shape index (κ1) is 16.2. The van der Waals surface area contributed by atoms with Gasteiger partial charge in [0.15, 0.2) is 0 Å². The van der Waals surface area contributed by atoms with E-state index in [1.165, 1.54) is 25.7 Å². The van der Waals surface area contributed by atoms with Crippen LogP contribution in [-0.2, 0) is 9.47 Å². The highest BCUT2D eigenvalue weighted by atomic mass is 16.5. The van der Waals surface area contributed by atoms with Crippen LogP contribution >= 0.6 is 0 Å². The zero-order valence-electron chi connectivity index (χ0n) is 13.1. The summed E-state index contributed by atoms with van der Waals surface area (Å²) >= 11 is 0. The largest absolute Gasteiger partial charge is 0.385 e. The Morgan fingerprint density at radius 3 is 2.50 bits per heavy atom. The molecule has 1 aliphatic carbocycles. The second-order valence-corrected chi connectivity index (χ2v) is 6.31. The Balaban J connectivity index is 2.11. The van der Waals surface area contributed by atoms with Gasteiger partial charge in [0.1, 0.15) is 0 Å². The van der Waals surface area contributed by atoms with Gasteiger partial charge in [0.05, 0.1) is 13.2 Å². The van der Waals surface area contributed by atoms with Crippen molar-refractivity contribution in [3.05, 3.63) is 0 Å². The van der Waals surface area contributed by atoms with Crippen LogP contribution in [0.3, 0.4) is 0 Å². The average molecular weight is 285 g/mol. The molecule has 1 heterocycles. The van der Waals surface area contributed by atoms with Crippen molar-refractivity contribution >= 4 is 0 Å². The van der Waals surface area contributed by atoms with Gasteiger partial charge < -0.3 is 9.47 Å². The van der Waals surface area contributed by atoms with Crippen molar-refractivity contribution in [3.63, 3.8) is 0 Å². The van der Waals surface area contributed by atoms with Crippen LogP contribution in [0.4, 0.5) is 0 Å². The molecule has 118 valence electrons. The van der Waals surface area contributed by atoms with Crippen molar-refractivity contribution in [2.45, 2.75) is 50.6 Å². The predicted octanol–water partition coefficient (Wildman–Crippen LogP) is 1.14. The van der Waals surface area contributed by atoms with Crippen molar-refractivity contribution in [1.82, 2.24) is 10.3 Å². The number of hydrogen-bond acceptors (Lipinski definition) is 5. The quantitative estimate of drug-likeness (QED) is 0.542. The highest BCUT2D eigenvalue weighted by Crippen LogP contribution is 2.41. The van der Waals surface area contributed by atoms with E-state index in [9.17, 15) is 0 Å². The van der Waals surface area contributed by atoms with Crippen LogP contribution < -0.4 is 11.3 Å². The minimum absolute atomic E-state index is 0.214. The van der Waals surface area contributed by atoms with Crippen molar-refractivity contribution in [2.24, 2.45) is 11.8 Å². The van der Waals surface area contributed by atoms with E-state index in [1.54, 1.807) is 7.11 Å². The molecule has 2 aliphatic rings. The van der Waals surface area contributed by atoms with E-state index in [0.29, 0.717) is 12.0 Å². The summed E-state index contributed by atoms with van der Waals surface area (Å²) in [4.78, 5) is 2.64. The number of morpholine rings is 1.